The van der Waals surface area contributed by atoms with Gasteiger partial charge in [-0.25, -0.2) is 44.4 Å². The minimum atomic E-state index is -4.27. The van der Waals surface area contributed by atoms with Gasteiger partial charge in [-0.15, -0.1) is 22.7 Å². The van der Waals surface area contributed by atoms with E-state index < -0.39 is 53.1 Å². The number of nitrogens with zero attached hydrogens (tertiary/aromatic N) is 6. The zero-order valence-corrected chi connectivity index (χ0v) is 36.7. The lowest BCUT2D eigenvalue weighted by Crippen LogP contribution is -2.49. The number of benzene rings is 4. The number of rotatable bonds is 8. The number of halogens is 6. The third kappa shape index (κ3) is 9.50. The van der Waals surface area contributed by atoms with E-state index >= 15 is 0 Å². The molecule has 0 bridgehead atoms. The van der Waals surface area contributed by atoms with Crippen molar-refractivity contribution in [2.24, 2.45) is 0 Å². The number of hydrogen-bond acceptors (Lipinski definition) is 10. The largest absolute Gasteiger partial charge is 0.345 e. The number of hydrogen-bond donors (Lipinski definition) is 0. The molecule has 2 aliphatic rings. The number of aromatic nitrogens is 2. The van der Waals surface area contributed by atoms with Gasteiger partial charge in [-0.1, -0.05) is 52.5 Å². The third-order valence-corrected chi connectivity index (χ3v) is 15.9. The Labute approximate surface area is 363 Å². The molecule has 0 saturated carbocycles. The van der Waals surface area contributed by atoms with Crippen molar-refractivity contribution in [1.82, 2.24) is 18.6 Å². The van der Waals surface area contributed by atoms with Crippen LogP contribution in [0.2, 0.25) is 10.0 Å². The molecule has 0 amide bonds. The molecule has 0 unspecified atom stereocenters. The van der Waals surface area contributed by atoms with Gasteiger partial charge in [0.1, 0.15) is 23.3 Å². The van der Waals surface area contributed by atoms with Crippen LogP contribution in [0.15, 0.2) is 93.3 Å². The van der Waals surface area contributed by atoms with Gasteiger partial charge < -0.3 is 9.80 Å². The van der Waals surface area contributed by atoms with Gasteiger partial charge in [-0.3, -0.25) is 0 Å². The molecule has 316 valence electrons. The average Bonchev–Trinajstić information content (AvgIpc) is 3.89. The van der Waals surface area contributed by atoms with E-state index in [1.807, 2.05) is 34.4 Å². The Bertz CT molecular complexity index is 2490. The summed E-state index contributed by atoms with van der Waals surface area (Å²) in [5.74, 6) is -4.34. The molecular formula is C40H36Cl2F4N6O4S4. The molecule has 0 spiro atoms. The molecule has 8 rings (SSSR count). The van der Waals surface area contributed by atoms with Crippen LogP contribution in [-0.4, -0.2) is 87.8 Å². The van der Waals surface area contributed by atoms with Crippen molar-refractivity contribution in [2.45, 2.75) is 23.6 Å². The van der Waals surface area contributed by atoms with Gasteiger partial charge in [-0.2, -0.15) is 8.61 Å². The molecule has 20 heteroatoms. The maximum Gasteiger partial charge on any atom is 0.249 e. The summed E-state index contributed by atoms with van der Waals surface area (Å²) in [4.78, 5) is 11.5. The van der Waals surface area contributed by atoms with E-state index in [0.717, 1.165) is 72.1 Å². The van der Waals surface area contributed by atoms with Crippen LogP contribution in [0.1, 0.15) is 11.1 Å². The molecule has 0 aliphatic carbocycles. The van der Waals surface area contributed by atoms with Crippen molar-refractivity contribution in [3.05, 3.63) is 128 Å². The van der Waals surface area contributed by atoms with Crippen LogP contribution in [0.4, 0.5) is 27.8 Å². The fourth-order valence-corrected chi connectivity index (χ4v) is 12.2. The molecule has 4 aromatic carbocycles. The number of sulfonamides is 2. The molecule has 2 saturated heterocycles. The molecule has 10 nitrogen and oxygen atoms in total. The van der Waals surface area contributed by atoms with Gasteiger partial charge in [0.25, 0.3) is 0 Å². The van der Waals surface area contributed by atoms with E-state index in [2.05, 4.69) is 23.2 Å². The zero-order chi connectivity index (χ0) is 42.9. The smallest absolute Gasteiger partial charge is 0.249 e. The standard InChI is InChI=1S/C21H21F2N3O2S2.C19H15Cl2F2N3O2S2/c1-14-10-15(2)12-16(11-14)19-13-29-21(24-19)25-6-8-26(9-7-25)30(27,28)20-17(22)4-3-5-18(20)23;20-13-8-12(9-14(21)10-13)17-11-29-19(24-17)25-4-6-26(7-5-25)30(27,28)18-15(22)2-1-3-16(18)23/h3-5,10-13H,6-9H2,1-2H3;1-3,8-11H,4-7H2. The predicted molar refractivity (Wildman–Crippen MR) is 229 cm³/mol. The molecule has 0 N–H and O–H groups in total. The van der Waals surface area contributed by atoms with Crippen molar-refractivity contribution in [3.63, 3.8) is 0 Å². The first-order valence-corrected chi connectivity index (χ1v) is 23.7. The Morgan fingerprint density at radius 2 is 0.883 bits per heavy atom. The Balaban J connectivity index is 0.000000181. The molecular weight excluding hydrogens is 904 g/mol. The second-order valence-electron chi connectivity index (χ2n) is 13.9. The third-order valence-electron chi connectivity index (χ3n) is 9.71. The van der Waals surface area contributed by atoms with E-state index in [1.54, 1.807) is 18.2 Å². The Hall–Kier alpha value is -4.14. The van der Waals surface area contributed by atoms with Crippen molar-refractivity contribution in [2.75, 3.05) is 62.2 Å². The fraction of sp³-hybridized carbons (Fsp3) is 0.250. The quantitative estimate of drug-likeness (QED) is 0.139. The van der Waals surface area contributed by atoms with Gasteiger partial charge in [0, 0.05) is 84.3 Å². The summed E-state index contributed by atoms with van der Waals surface area (Å²) in [6.45, 7) is 6.02. The van der Waals surface area contributed by atoms with E-state index in [1.165, 1.54) is 33.8 Å². The normalized spacial score (nSPS) is 15.5. The van der Waals surface area contributed by atoms with Crippen molar-refractivity contribution >= 4 is 76.2 Å². The lowest BCUT2D eigenvalue weighted by atomic mass is 10.1. The molecule has 2 fully saturated rings. The molecule has 0 radical (unpaired) electrons. The van der Waals surface area contributed by atoms with Gasteiger partial charge in [-0.05, 0) is 68.4 Å². The highest BCUT2D eigenvalue weighted by Gasteiger charge is 2.35. The van der Waals surface area contributed by atoms with Crippen LogP contribution in [0.25, 0.3) is 22.5 Å². The summed E-state index contributed by atoms with van der Waals surface area (Å²) in [6.07, 6.45) is 0. The van der Waals surface area contributed by atoms with E-state index in [0.29, 0.717) is 41.9 Å². The minimum absolute atomic E-state index is 0.0913. The van der Waals surface area contributed by atoms with Crippen LogP contribution >= 0.6 is 45.9 Å². The van der Waals surface area contributed by atoms with Crippen LogP contribution < -0.4 is 9.80 Å². The first-order valence-electron chi connectivity index (χ1n) is 18.4. The highest BCUT2D eigenvalue weighted by atomic mass is 35.5. The van der Waals surface area contributed by atoms with Crippen molar-refractivity contribution in [1.29, 1.82) is 0 Å². The monoisotopic (exact) mass is 938 g/mol. The van der Waals surface area contributed by atoms with Crippen LogP contribution in [0, 0.1) is 37.1 Å². The zero-order valence-electron chi connectivity index (χ0n) is 32.0. The predicted octanol–water partition coefficient (Wildman–Crippen LogP) is 9.12. The van der Waals surface area contributed by atoms with Gasteiger partial charge in [0.15, 0.2) is 20.1 Å². The Morgan fingerprint density at radius 1 is 0.533 bits per heavy atom. The summed E-state index contributed by atoms with van der Waals surface area (Å²) in [5, 5.41) is 6.39. The molecule has 2 aromatic heterocycles. The molecule has 60 heavy (non-hydrogen) atoms. The van der Waals surface area contributed by atoms with Crippen molar-refractivity contribution < 1.29 is 34.4 Å². The summed E-state index contributed by atoms with van der Waals surface area (Å²) < 4.78 is 109. The highest BCUT2D eigenvalue weighted by Crippen LogP contribution is 2.34. The van der Waals surface area contributed by atoms with Gasteiger partial charge in [0.2, 0.25) is 20.0 Å². The molecule has 6 aromatic rings. The minimum Gasteiger partial charge on any atom is -0.345 e. The van der Waals surface area contributed by atoms with Crippen LogP contribution in [0.5, 0.6) is 0 Å². The van der Waals surface area contributed by atoms with Crippen LogP contribution in [0.3, 0.4) is 0 Å². The second kappa shape index (κ2) is 18.1. The van der Waals surface area contributed by atoms with Crippen molar-refractivity contribution in [3.8, 4) is 22.5 Å². The van der Waals surface area contributed by atoms with E-state index in [-0.39, 0.29) is 26.2 Å². The summed E-state index contributed by atoms with van der Waals surface area (Å²) >= 11 is 15.0. The van der Waals surface area contributed by atoms with Gasteiger partial charge >= 0.3 is 0 Å². The fourth-order valence-electron chi connectivity index (χ4n) is 6.86. The lowest BCUT2D eigenvalue weighted by Gasteiger charge is -2.33. The summed E-state index contributed by atoms with van der Waals surface area (Å²) in [5.41, 5.74) is 5.75. The first-order chi connectivity index (χ1) is 28.5. The maximum absolute atomic E-state index is 14.0. The SMILES string of the molecule is Cc1cc(C)cc(-c2csc(N3CCN(S(=O)(=O)c4c(F)cccc4F)CC3)n2)c1.O=S(=O)(c1c(F)cccc1F)N1CCN(c2nc(-c3cc(Cl)cc(Cl)c3)cs2)CC1. The Kier molecular flexibility index (Phi) is 13.2. The highest BCUT2D eigenvalue weighted by molar-refractivity contribution is 7.89. The number of anilines is 2. The first kappa shape index (κ1) is 43.9. The van der Waals surface area contributed by atoms with E-state index in [4.69, 9.17) is 28.2 Å². The maximum atomic E-state index is 14.0. The molecule has 0 atom stereocenters. The summed E-state index contributed by atoms with van der Waals surface area (Å²) in [7, 11) is -8.50. The number of piperazine rings is 2. The van der Waals surface area contributed by atoms with E-state index in [9.17, 15) is 34.4 Å². The second-order valence-corrected chi connectivity index (χ2v) is 20.2. The number of thiazole rings is 2. The lowest BCUT2D eigenvalue weighted by molar-refractivity contribution is 0.378. The molecule has 2 aliphatic heterocycles. The number of aryl methyl sites for hydroxylation is 2. The average molecular weight is 940 g/mol. The van der Waals surface area contributed by atoms with Gasteiger partial charge in [0.05, 0.1) is 11.4 Å². The summed E-state index contributed by atoms with van der Waals surface area (Å²) in [6, 6.07) is 17.5. The molecule has 4 heterocycles. The topological polar surface area (TPSA) is 107 Å². The van der Waals surface area contributed by atoms with Crippen LogP contribution in [-0.2, 0) is 20.0 Å². The Morgan fingerprint density at radius 3 is 1.25 bits per heavy atom.